The molecule has 0 spiro atoms. The molecule has 0 aromatic heterocycles. The Kier molecular flexibility index (Phi) is 3.14. The minimum Gasteiger partial charge on any atom is -0.504 e. The van der Waals surface area contributed by atoms with E-state index in [-0.39, 0.29) is 11.9 Å². The summed E-state index contributed by atoms with van der Waals surface area (Å²) in [4.78, 5) is 0. The first-order chi connectivity index (χ1) is 6.13. The number of hydrogen-bond donors (Lipinski definition) is 2. The molecule has 0 aliphatic rings. The highest BCUT2D eigenvalue weighted by atomic mass is 16.5. The number of ether oxygens (including phenoxy) is 1. The van der Waals surface area contributed by atoms with Crippen LogP contribution in [-0.2, 0) is 6.54 Å². The molecule has 0 fully saturated rings. The predicted molar refractivity (Wildman–Crippen MR) is 51.8 cm³/mol. The van der Waals surface area contributed by atoms with Gasteiger partial charge in [-0.15, -0.1) is 0 Å². The van der Waals surface area contributed by atoms with Crippen LogP contribution in [0, 0.1) is 0 Å². The average molecular weight is 181 g/mol. The second kappa shape index (κ2) is 4.14. The zero-order valence-corrected chi connectivity index (χ0v) is 7.95. The number of hydrogen-bond acceptors (Lipinski definition) is 3. The lowest BCUT2D eigenvalue weighted by molar-refractivity contribution is 0.232. The molecule has 0 radical (unpaired) electrons. The summed E-state index contributed by atoms with van der Waals surface area (Å²) in [6.45, 7) is 4.25. The van der Waals surface area contributed by atoms with Crippen molar-refractivity contribution in [3.05, 3.63) is 23.8 Å². The Labute approximate surface area is 78.1 Å². The lowest BCUT2D eigenvalue weighted by atomic mass is 10.2. The summed E-state index contributed by atoms with van der Waals surface area (Å²) in [5, 5.41) is 9.49. The third-order valence-corrected chi connectivity index (χ3v) is 1.62. The maximum atomic E-state index is 9.49. The Hall–Kier alpha value is -1.22. The first-order valence-electron chi connectivity index (χ1n) is 4.32. The smallest absolute Gasteiger partial charge is 0.161 e. The van der Waals surface area contributed by atoms with Crippen molar-refractivity contribution < 1.29 is 9.84 Å². The monoisotopic (exact) mass is 181 g/mol. The van der Waals surface area contributed by atoms with Gasteiger partial charge >= 0.3 is 0 Å². The normalized spacial score (nSPS) is 10.5. The first kappa shape index (κ1) is 9.86. The summed E-state index contributed by atoms with van der Waals surface area (Å²) in [5.41, 5.74) is 6.31. The summed E-state index contributed by atoms with van der Waals surface area (Å²) in [7, 11) is 0. The van der Waals surface area contributed by atoms with Crippen LogP contribution in [0.2, 0.25) is 0 Å². The summed E-state index contributed by atoms with van der Waals surface area (Å²) < 4.78 is 5.35. The molecule has 1 aromatic carbocycles. The van der Waals surface area contributed by atoms with Gasteiger partial charge in [0.05, 0.1) is 6.10 Å². The van der Waals surface area contributed by atoms with Crippen LogP contribution in [0.4, 0.5) is 0 Å². The molecule has 0 heterocycles. The molecule has 0 atom stereocenters. The molecule has 1 rings (SSSR count). The van der Waals surface area contributed by atoms with E-state index in [0.717, 1.165) is 5.56 Å². The van der Waals surface area contributed by atoms with E-state index in [1.807, 2.05) is 19.9 Å². The molecule has 3 N–H and O–H groups in total. The van der Waals surface area contributed by atoms with E-state index in [4.69, 9.17) is 10.5 Å². The second-order valence-corrected chi connectivity index (χ2v) is 3.17. The van der Waals surface area contributed by atoms with E-state index in [1.165, 1.54) is 0 Å². The Morgan fingerprint density at radius 1 is 1.46 bits per heavy atom. The molecule has 0 amide bonds. The number of nitrogens with two attached hydrogens (primary N) is 1. The van der Waals surface area contributed by atoms with Gasteiger partial charge in [-0.1, -0.05) is 6.07 Å². The van der Waals surface area contributed by atoms with Crippen LogP contribution in [0.3, 0.4) is 0 Å². The lowest BCUT2D eigenvalue weighted by Crippen LogP contribution is -2.06. The molecule has 0 unspecified atom stereocenters. The summed E-state index contributed by atoms with van der Waals surface area (Å²) in [6, 6.07) is 5.20. The quantitative estimate of drug-likeness (QED) is 0.745. The van der Waals surface area contributed by atoms with E-state index in [1.54, 1.807) is 12.1 Å². The molecule has 0 saturated carbocycles. The first-order valence-corrected chi connectivity index (χ1v) is 4.32. The zero-order valence-electron chi connectivity index (χ0n) is 7.95. The average Bonchev–Trinajstić information content (AvgIpc) is 2.08. The number of benzene rings is 1. The van der Waals surface area contributed by atoms with Crippen LogP contribution in [-0.4, -0.2) is 11.2 Å². The van der Waals surface area contributed by atoms with Gasteiger partial charge in [-0.2, -0.15) is 0 Å². The Bertz CT molecular complexity index is 284. The van der Waals surface area contributed by atoms with E-state index < -0.39 is 0 Å². The van der Waals surface area contributed by atoms with E-state index >= 15 is 0 Å². The van der Waals surface area contributed by atoms with Crippen LogP contribution < -0.4 is 10.5 Å². The minimum absolute atomic E-state index is 0.0645. The summed E-state index contributed by atoms with van der Waals surface area (Å²) in [6.07, 6.45) is 0.0645. The van der Waals surface area contributed by atoms with Gasteiger partial charge in [-0.3, -0.25) is 0 Å². The van der Waals surface area contributed by atoms with Crippen molar-refractivity contribution in [2.75, 3.05) is 0 Å². The third kappa shape index (κ3) is 2.63. The number of aromatic hydroxyl groups is 1. The zero-order chi connectivity index (χ0) is 9.84. The minimum atomic E-state index is 0.0645. The fourth-order valence-electron chi connectivity index (χ4n) is 1.04. The fourth-order valence-corrected chi connectivity index (χ4v) is 1.04. The number of phenols is 1. The molecular formula is C10H15NO2. The Balaban J connectivity index is 2.85. The van der Waals surface area contributed by atoms with Crippen molar-refractivity contribution in [1.29, 1.82) is 0 Å². The van der Waals surface area contributed by atoms with Crippen molar-refractivity contribution in [1.82, 2.24) is 0 Å². The van der Waals surface area contributed by atoms with Gasteiger partial charge in [-0.25, -0.2) is 0 Å². The molecule has 3 nitrogen and oxygen atoms in total. The van der Waals surface area contributed by atoms with Gasteiger partial charge in [0.1, 0.15) is 0 Å². The molecular weight excluding hydrogens is 166 g/mol. The van der Waals surface area contributed by atoms with Crippen molar-refractivity contribution in [2.24, 2.45) is 5.73 Å². The summed E-state index contributed by atoms with van der Waals surface area (Å²) >= 11 is 0. The highest BCUT2D eigenvalue weighted by molar-refractivity contribution is 5.41. The number of phenolic OH excluding ortho intramolecular Hbond substituents is 1. The van der Waals surface area contributed by atoms with Gasteiger partial charge in [0, 0.05) is 6.54 Å². The molecule has 0 bridgehead atoms. The van der Waals surface area contributed by atoms with Gasteiger partial charge in [-0.05, 0) is 31.5 Å². The predicted octanol–water partition coefficient (Wildman–Crippen LogP) is 1.64. The van der Waals surface area contributed by atoms with Crippen LogP contribution in [0.5, 0.6) is 11.5 Å². The van der Waals surface area contributed by atoms with Crippen LogP contribution in [0.25, 0.3) is 0 Å². The highest BCUT2D eigenvalue weighted by Crippen LogP contribution is 2.27. The Morgan fingerprint density at radius 3 is 2.62 bits per heavy atom. The van der Waals surface area contributed by atoms with Crippen LogP contribution in [0.15, 0.2) is 18.2 Å². The van der Waals surface area contributed by atoms with E-state index in [2.05, 4.69) is 0 Å². The SMILES string of the molecule is CC(C)Oc1ccc(CN)cc1O. The highest BCUT2D eigenvalue weighted by Gasteiger charge is 2.04. The molecule has 3 heteroatoms. The molecule has 72 valence electrons. The largest absolute Gasteiger partial charge is 0.504 e. The van der Waals surface area contributed by atoms with Gasteiger partial charge in [0.25, 0.3) is 0 Å². The third-order valence-electron chi connectivity index (χ3n) is 1.62. The van der Waals surface area contributed by atoms with Crippen molar-refractivity contribution in [3.63, 3.8) is 0 Å². The number of rotatable bonds is 3. The van der Waals surface area contributed by atoms with Gasteiger partial charge in [0.15, 0.2) is 11.5 Å². The standard InChI is InChI=1S/C10H15NO2/c1-7(2)13-10-4-3-8(6-11)5-9(10)12/h3-5,7,12H,6,11H2,1-2H3. The van der Waals surface area contributed by atoms with Gasteiger partial charge in [0.2, 0.25) is 0 Å². The van der Waals surface area contributed by atoms with Crippen molar-refractivity contribution in [3.8, 4) is 11.5 Å². The van der Waals surface area contributed by atoms with Crippen LogP contribution in [0.1, 0.15) is 19.4 Å². The summed E-state index contributed by atoms with van der Waals surface area (Å²) in [5.74, 6) is 0.656. The second-order valence-electron chi connectivity index (χ2n) is 3.17. The fraction of sp³-hybridized carbons (Fsp3) is 0.400. The molecule has 0 saturated heterocycles. The molecule has 0 aliphatic heterocycles. The van der Waals surface area contributed by atoms with Crippen LogP contribution >= 0.6 is 0 Å². The van der Waals surface area contributed by atoms with Crippen molar-refractivity contribution >= 4 is 0 Å². The van der Waals surface area contributed by atoms with Gasteiger partial charge < -0.3 is 15.6 Å². The molecule has 0 aliphatic carbocycles. The van der Waals surface area contributed by atoms with E-state index in [9.17, 15) is 5.11 Å². The van der Waals surface area contributed by atoms with E-state index in [0.29, 0.717) is 12.3 Å². The van der Waals surface area contributed by atoms with Crippen molar-refractivity contribution in [2.45, 2.75) is 26.5 Å². The maximum absolute atomic E-state index is 9.49. The molecule has 13 heavy (non-hydrogen) atoms. The Morgan fingerprint density at radius 2 is 2.15 bits per heavy atom. The topological polar surface area (TPSA) is 55.5 Å². The lowest BCUT2D eigenvalue weighted by Gasteiger charge is -2.11. The molecule has 1 aromatic rings. The maximum Gasteiger partial charge on any atom is 0.161 e.